The third kappa shape index (κ3) is 3.45. The van der Waals surface area contributed by atoms with Crippen molar-refractivity contribution in [3.05, 3.63) is 0 Å². The number of rotatable bonds is 5. The molecule has 1 saturated carbocycles. The number of carbonyl (C=O) groups excluding carboxylic acids is 2. The summed E-state index contributed by atoms with van der Waals surface area (Å²) >= 11 is 0. The van der Waals surface area contributed by atoms with Gasteiger partial charge in [-0.25, -0.2) is 0 Å². The second-order valence-corrected chi connectivity index (χ2v) is 6.35. The topological polar surface area (TPSA) is 75.4 Å². The molecule has 1 aliphatic carbocycles. The van der Waals surface area contributed by atoms with E-state index in [1.54, 1.807) is 7.05 Å². The Morgan fingerprint density at radius 2 is 1.78 bits per heavy atom. The van der Waals surface area contributed by atoms with Gasteiger partial charge in [0.2, 0.25) is 11.8 Å². The maximum atomic E-state index is 12.3. The second kappa shape index (κ2) is 4.88. The number of nitrogens with two attached hydrogens (primary N) is 1. The molecule has 0 bridgehead atoms. The lowest BCUT2D eigenvalue weighted by molar-refractivity contribution is -0.144. The summed E-state index contributed by atoms with van der Waals surface area (Å²) in [5.74, 6) is -0.208. The quantitative estimate of drug-likeness (QED) is 0.750. The van der Waals surface area contributed by atoms with Crippen LogP contribution < -0.4 is 11.1 Å². The molecule has 3 N–H and O–H groups in total. The van der Waals surface area contributed by atoms with E-state index in [2.05, 4.69) is 5.32 Å². The molecule has 0 aliphatic heterocycles. The van der Waals surface area contributed by atoms with Crippen molar-refractivity contribution in [1.82, 2.24) is 10.2 Å². The van der Waals surface area contributed by atoms with Gasteiger partial charge in [0.25, 0.3) is 0 Å². The van der Waals surface area contributed by atoms with Gasteiger partial charge in [-0.3, -0.25) is 9.59 Å². The van der Waals surface area contributed by atoms with Crippen molar-refractivity contribution in [3.63, 3.8) is 0 Å². The SMILES string of the molecule is CN(CC(=O)NC1CC1)C(=O)C(C)(C)C(C)(C)N. The Hall–Kier alpha value is -1.10. The van der Waals surface area contributed by atoms with Gasteiger partial charge in [-0.2, -0.15) is 0 Å². The van der Waals surface area contributed by atoms with Gasteiger partial charge in [0, 0.05) is 18.6 Å². The zero-order chi connectivity index (χ0) is 14.1. The van der Waals surface area contributed by atoms with E-state index in [9.17, 15) is 9.59 Å². The van der Waals surface area contributed by atoms with E-state index >= 15 is 0 Å². The van der Waals surface area contributed by atoms with Crippen LogP contribution in [-0.2, 0) is 9.59 Å². The largest absolute Gasteiger partial charge is 0.352 e. The van der Waals surface area contributed by atoms with Crippen LogP contribution in [0.25, 0.3) is 0 Å². The average molecular weight is 255 g/mol. The van der Waals surface area contributed by atoms with E-state index in [0.717, 1.165) is 12.8 Å². The lowest BCUT2D eigenvalue weighted by Crippen LogP contribution is -2.56. The van der Waals surface area contributed by atoms with Crippen LogP contribution >= 0.6 is 0 Å². The molecule has 0 aromatic heterocycles. The van der Waals surface area contributed by atoms with E-state index in [0.29, 0.717) is 6.04 Å². The molecule has 0 spiro atoms. The Morgan fingerprint density at radius 3 is 2.17 bits per heavy atom. The molecule has 0 aromatic rings. The van der Waals surface area contributed by atoms with E-state index in [-0.39, 0.29) is 18.4 Å². The maximum absolute atomic E-state index is 12.3. The first-order valence-electron chi connectivity index (χ1n) is 6.39. The monoisotopic (exact) mass is 255 g/mol. The van der Waals surface area contributed by atoms with Crippen LogP contribution in [-0.4, -0.2) is 41.9 Å². The number of amides is 2. The smallest absolute Gasteiger partial charge is 0.239 e. The van der Waals surface area contributed by atoms with E-state index < -0.39 is 11.0 Å². The van der Waals surface area contributed by atoms with Crippen molar-refractivity contribution in [2.24, 2.45) is 11.1 Å². The molecule has 0 atom stereocenters. The first-order valence-corrected chi connectivity index (χ1v) is 6.39. The van der Waals surface area contributed by atoms with Crippen molar-refractivity contribution in [2.45, 2.75) is 52.1 Å². The number of hydrogen-bond acceptors (Lipinski definition) is 3. The summed E-state index contributed by atoms with van der Waals surface area (Å²) in [6.45, 7) is 7.36. The summed E-state index contributed by atoms with van der Waals surface area (Å²) in [6, 6.07) is 0.319. The zero-order valence-corrected chi connectivity index (χ0v) is 12.0. The van der Waals surface area contributed by atoms with Gasteiger partial charge in [-0.15, -0.1) is 0 Å². The second-order valence-electron chi connectivity index (χ2n) is 6.35. The van der Waals surface area contributed by atoms with E-state index in [1.807, 2.05) is 27.7 Å². The Kier molecular flexibility index (Phi) is 4.05. The molecule has 0 unspecified atom stereocenters. The Bertz CT molecular complexity index is 341. The molecule has 18 heavy (non-hydrogen) atoms. The highest BCUT2D eigenvalue weighted by Crippen LogP contribution is 2.30. The minimum Gasteiger partial charge on any atom is -0.352 e. The molecule has 104 valence electrons. The summed E-state index contributed by atoms with van der Waals surface area (Å²) in [7, 11) is 1.64. The molecular weight excluding hydrogens is 230 g/mol. The van der Waals surface area contributed by atoms with Gasteiger partial charge in [0.05, 0.1) is 12.0 Å². The van der Waals surface area contributed by atoms with Gasteiger partial charge in [-0.05, 0) is 40.5 Å². The van der Waals surface area contributed by atoms with Gasteiger partial charge in [0.1, 0.15) is 0 Å². The standard InChI is InChI=1S/C13H25N3O2/c1-12(2,13(3,4)14)11(18)16(5)8-10(17)15-9-6-7-9/h9H,6-8,14H2,1-5H3,(H,15,17). The van der Waals surface area contributed by atoms with Gasteiger partial charge >= 0.3 is 0 Å². The normalized spacial score (nSPS) is 16.3. The Labute approximate surface area is 109 Å². The fraction of sp³-hybridized carbons (Fsp3) is 0.846. The minimum absolute atomic E-state index is 0.0921. The summed E-state index contributed by atoms with van der Waals surface area (Å²) in [6.07, 6.45) is 2.09. The maximum Gasteiger partial charge on any atom is 0.239 e. The minimum atomic E-state index is -0.707. The number of carbonyl (C=O) groups is 2. The first kappa shape index (κ1) is 15.0. The summed E-state index contributed by atoms with van der Waals surface area (Å²) in [5.41, 5.74) is 4.69. The third-order valence-electron chi connectivity index (χ3n) is 3.82. The molecule has 0 radical (unpaired) electrons. The molecule has 5 heteroatoms. The highest BCUT2D eigenvalue weighted by Gasteiger charge is 2.42. The summed E-state index contributed by atoms with van der Waals surface area (Å²) < 4.78 is 0. The first-order chi connectivity index (χ1) is 8.05. The molecule has 2 amide bonds. The number of likely N-dealkylation sites (N-methyl/N-ethyl adjacent to an activating group) is 1. The van der Waals surface area contributed by atoms with Crippen LogP contribution in [0.4, 0.5) is 0 Å². The zero-order valence-electron chi connectivity index (χ0n) is 12.0. The predicted molar refractivity (Wildman–Crippen MR) is 70.8 cm³/mol. The van der Waals surface area contributed by atoms with Gasteiger partial charge in [-0.1, -0.05) is 0 Å². The highest BCUT2D eigenvalue weighted by molar-refractivity contribution is 5.88. The fourth-order valence-electron chi connectivity index (χ4n) is 1.54. The lowest BCUT2D eigenvalue weighted by Gasteiger charge is -2.39. The molecule has 1 aliphatic rings. The van der Waals surface area contributed by atoms with Gasteiger partial charge < -0.3 is 16.0 Å². The molecule has 1 fully saturated rings. The number of nitrogens with one attached hydrogen (secondary N) is 1. The number of hydrogen-bond donors (Lipinski definition) is 2. The lowest BCUT2D eigenvalue weighted by atomic mass is 9.74. The van der Waals surface area contributed by atoms with E-state index in [1.165, 1.54) is 4.90 Å². The van der Waals surface area contributed by atoms with Crippen molar-refractivity contribution in [3.8, 4) is 0 Å². The van der Waals surface area contributed by atoms with Crippen LogP contribution in [0, 0.1) is 5.41 Å². The predicted octanol–water partition coefficient (Wildman–Crippen LogP) is 0.487. The average Bonchev–Trinajstić information content (AvgIpc) is 2.98. The summed E-state index contributed by atoms with van der Waals surface area (Å²) in [4.78, 5) is 25.4. The fourth-order valence-corrected chi connectivity index (χ4v) is 1.54. The van der Waals surface area contributed by atoms with Crippen LogP contribution in [0.1, 0.15) is 40.5 Å². The number of nitrogens with zero attached hydrogens (tertiary/aromatic N) is 1. The Morgan fingerprint density at radius 1 is 1.28 bits per heavy atom. The van der Waals surface area contributed by atoms with Crippen molar-refractivity contribution >= 4 is 11.8 Å². The molecule has 5 nitrogen and oxygen atoms in total. The molecule has 1 rings (SSSR count). The third-order valence-corrected chi connectivity index (χ3v) is 3.82. The summed E-state index contributed by atoms with van der Waals surface area (Å²) in [5, 5.41) is 2.87. The highest BCUT2D eigenvalue weighted by atomic mass is 16.2. The van der Waals surface area contributed by atoms with Crippen LogP contribution in [0.5, 0.6) is 0 Å². The molecule has 0 aromatic carbocycles. The molecular formula is C13H25N3O2. The van der Waals surface area contributed by atoms with Crippen molar-refractivity contribution < 1.29 is 9.59 Å². The molecule has 0 heterocycles. The Balaban J connectivity index is 2.57. The van der Waals surface area contributed by atoms with Gasteiger partial charge in [0.15, 0.2) is 0 Å². The van der Waals surface area contributed by atoms with Crippen molar-refractivity contribution in [2.75, 3.05) is 13.6 Å². The molecule has 0 saturated heterocycles. The van der Waals surface area contributed by atoms with Crippen LogP contribution in [0.15, 0.2) is 0 Å². The van der Waals surface area contributed by atoms with Crippen LogP contribution in [0.2, 0.25) is 0 Å². The van der Waals surface area contributed by atoms with Crippen LogP contribution in [0.3, 0.4) is 0 Å². The van der Waals surface area contributed by atoms with Crippen molar-refractivity contribution in [1.29, 1.82) is 0 Å². The van der Waals surface area contributed by atoms with E-state index in [4.69, 9.17) is 5.73 Å².